The largest absolute Gasteiger partial charge is 0.318 e. The molecule has 19 heavy (non-hydrogen) atoms. The van der Waals surface area contributed by atoms with E-state index in [9.17, 15) is 0 Å². The first kappa shape index (κ1) is 14.5. The molecule has 1 aliphatic heterocycles. The third-order valence-corrected chi connectivity index (χ3v) is 4.27. The van der Waals surface area contributed by atoms with E-state index in [0.29, 0.717) is 6.04 Å². The van der Waals surface area contributed by atoms with E-state index in [-0.39, 0.29) is 5.54 Å². The summed E-state index contributed by atoms with van der Waals surface area (Å²) in [5.41, 5.74) is 1.64. The molecule has 106 valence electrons. The molecule has 0 bridgehead atoms. The Morgan fingerprint density at radius 3 is 2.58 bits per heavy atom. The van der Waals surface area contributed by atoms with Crippen LogP contribution in [-0.2, 0) is 6.54 Å². The van der Waals surface area contributed by atoms with Gasteiger partial charge in [0.25, 0.3) is 0 Å². The highest BCUT2D eigenvalue weighted by molar-refractivity contribution is 5.15. The normalized spacial score (nSPS) is 24.5. The molecular formula is C16H27N3. The molecule has 1 aromatic carbocycles. The monoisotopic (exact) mass is 261 g/mol. The lowest BCUT2D eigenvalue weighted by Gasteiger charge is -2.50. The first-order valence-electron chi connectivity index (χ1n) is 7.17. The second kappa shape index (κ2) is 6.04. The molecule has 0 saturated carbocycles. The van der Waals surface area contributed by atoms with Crippen molar-refractivity contribution in [3.63, 3.8) is 0 Å². The lowest BCUT2D eigenvalue weighted by molar-refractivity contribution is -0.00862. The van der Waals surface area contributed by atoms with Gasteiger partial charge in [0.2, 0.25) is 0 Å². The first-order chi connectivity index (χ1) is 9.03. The van der Waals surface area contributed by atoms with Gasteiger partial charge >= 0.3 is 0 Å². The number of hydrogen-bond acceptors (Lipinski definition) is 3. The Hall–Kier alpha value is -0.900. The number of hydrogen-bond donors (Lipinski definition) is 1. The van der Waals surface area contributed by atoms with Crippen LogP contribution in [-0.4, -0.2) is 55.1 Å². The maximum absolute atomic E-state index is 3.32. The summed E-state index contributed by atoms with van der Waals surface area (Å²) >= 11 is 0. The second-order valence-electron chi connectivity index (χ2n) is 6.29. The number of likely N-dealkylation sites (N-methyl/N-ethyl adjacent to an activating group) is 2. The third-order valence-electron chi connectivity index (χ3n) is 4.27. The summed E-state index contributed by atoms with van der Waals surface area (Å²) in [4.78, 5) is 5.10. The molecule has 1 fully saturated rings. The van der Waals surface area contributed by atoms with Gasteiger partial charge in [-0.05, 0) is 33.5 Å². The minimum atomic E-state index is 0.231. The van der Waals surface area contributed by atoms with Crippen molar-refractivity contribution in [1.82, 2.24) is 15.1 Å². The van der Waals surface area contributed by atoms with Gasteiger partial charge in [0.1, 0.15) is 0 Å². The summed E-state index contributed by atoms with van der Waals surface area (Å²) in [5.74, 6) is 0. The molecule has 0 radical (unpaired) electrons. The van der Waals surface area contributed by atoms with Crippen LogP contribution in [0.5, 0.6) is 0 Å². The van der Waals surface area contributed by atoms with Gasteiger partial charge in [-0.15, -0.1) is 0 Å². The van der Waals surface area contributed by atoms with Gasteiger partial charge in [0.15, 0.2) is 0 Å². The Bertz CT molecular complexity index is 388. The zero-order valence-electron chi connectivity index (χ0n) is 12.7. The van der Waals surface area contributed by atoms with Crippen molar-refractivity contribution in [3.8, 4) is 0 Å². The zero-order valence-corrected chi connectivity index (χ0v) is 12.7. The van der Waals surface area contributed by atoms with E-state index < -0.39 is 0 Å². The predicted molar refractivity (Wildman–Crippen MR) is 81.3 cm³/mol. The molecule has 0 aromatic heterocycles. The average Bonchev–Trinajstić information content (AvgIpc) is 2.36. The summed E-state index contributed by atoms with van der Waals surface area (Å²) in [5, 5.41) is 3.32. The number of benzene rings is 1. The molecule has 1 unspecified atom stereocenters. The first-order valence-corrected chi connectivity index (χ1v) is 7.17. The highest BCUT2D eigenvalue weighted by Crippen LogP contribution is 2.24. The molecule has 3 heteroatoms. The van der Waals surface area contributed by atoms with Crippen molar-refractivity contribution in [1.29, 1.82) is 0 Å². The number of rotatable bonds is 4. The average molecular weight is 261 g/mol. The minimum absolute atomic E-state index is 0.231. The number of piperazine rings is 1. The lowest BCUT2D eigenvalue weighted by Crippen LogP contribution is -2.64. The van der Waals surface area contributed by atoms with Gasteiger partial charge in [-0.3, -0.25) is 9.80 Å². The van der Waals surface area contributed by atoms with Gasteiger partial charge in [0, 0.05) is 37.8 Å². The van der Waals surface area contributed by atoms with Crippen LogP contribution in [0.1, 0.15) is 19.4 Å². The van der Waals surface area contributed by atoms with Crippen LogP contribution in [0, 0.1) is 0 Å². The van der Waals surface area contributed by atoms with Crippen LogP contribution in [0.25, 0.3) is 0 Å². The molecular weight excluding hydrogens is 234 g/mol. The van der Waals surface area contributed by atoms with Crippen molar-refractivity contribution in [3.05, 3.63) is 35.9 Å². The molecule has 1 aromatic rings. The van der Waals surface area contributed by atoms with Crippen LogP contribution < -0.4 is 5.32 Å². The quantitative estimate of drug-likeness (QED) is 0.891. The van der Waals surface area contributed by atoms with Crippen LogP contribution in [0.3, 0.4) is 0 Å². The molecule has 1 aliphatic rings. The molecule has 1 N–H and O–H groups in total. The summed E-state index contributed by atoms with van der Waals surface area (Å²) < 4.78 is 0. The summed E-state index contributed by atoms with van der Waals surface area (Å²) in [6.07, 6.45) is 0. The molecule has 2 rings (SSSR count). The molecule has 3 nitrogen and oxygen atoms in total. The van der Waals surface area contributed by atoms with Crippen LogP contribution >= 0.6 is 0 Å². The molecule has 0 aliphatic carbocycles. The molecule has 1 saturated heterocycles. The van der Waals surface area contributed by atoms with Crippen molar-refractivity contribution in [2.75, 3.05) is 33.7 Å². The summed E-state index contributed by atoms with van der Waals surface area (Å²) in [6, 6.07) is 11.4. The molecule has 1 heterocycles. The van der Waals surface area contributed by atoms with Crippen LogP contribution in [0.2, 0.25) is 0 Å². The maximum Gasteiger partial charge on any atom is 0.0350 e. The Balaban J connectivity index is 2.05. The highest BCUT2D eigenvalue weighted by atomic mass is 15.3. The highest BCUT2D eigenvalue weighted by Gasteiger charge is 2.36. The van der Waals surface area contributed by atoms with E-state index >= 15 is 0 Å². The van der Waals surface area contributed by atoms with Crippen molar-refractivity contribution in [2.45, 2.75) is 32.0 Å². The zero-order chi connectivity index (χ0) is 13.9. The Kier molecular flexibility index (Phi) is 4.61. The Morgan fingerprint density at radius 1 is 1.26 bits per heavy atom. The topological polar surface area (TPSA) is 18.5 Å². The molecule has 0 amide bonds. The Morgan fingerprint density at radius 2 is 1.95 bits per heavy atom. The second-order valence-corrected chi connectivity index (χ2v) is 6.29. The third kappa shape index (κ3) is 3.56. The van der Waals surface area contributed by atoms with Crippen molar-refractivity contribution in [2.24, 2.45) is 0 Å². The Labute approximate surface area is 117 Å². The molecule has 0 spiro atoms. The lowest BCUT2D eigenvalue weighted by atomic mass is 9.95. The van der Waals surface area contributed by atoms with E-state index in [2.05, 4.69) is 66.3 Å². The van der Waals surface area contributed by atoms with Crippen LogP contribution in [0.15, 0.2) is 30.3 Å². The van der Waals surface area contributed by atoms with Gasteiger partial charge in [0.05, 0.1) is 0 Å². The van der Waals surface area contributed by atoms with Gasteiger partial charge < -0.3 is 5.32 Å². The van der Waals surface area contributed by atoms with E-state index in [0.717, 1.165) is 26.2 Å². The van der Waals surface area contributed by atoms with Gasteiger partial charge in [-0.1, -0.05) is 30.3 Å². The number of nitrogens with one attached hydrogen (secondary N) is 1. The maximum atomic E-state index is 3.32. The number of nitrogens with zero attached hydrogens (tertiary/aromatic N) is 2. The van der Waals surface area contributed by atoms with E-state index in [4.69, 9.17) is 0 Å². The predicted octanol–water partition coefficient (Wildman–Crippen LogP) is 1.80. The van der Waals surface area contributed by atoms with Crippen LogP contribution in [0.4, 0.5) is 0 Å². The van der Waals surface area contributed by atoms with Crippen molar-refractivity contribution < 1.29 is 0 Å². The van der Waals surface area contributed by atoms with Gasteiger partial charge in [-0.2, -0.15) is 0 Å². The van der Waals surface area contributed by atoms with E-state index in [1.165, 1.54) is 5.56 Å². The fourth-order valence-electron chi connectivity index (χ4n) is 3.04. The minimum Gasteiger partial charge on any atom is -0.318 e. The van der Waals surface area contributed by atoms with Gasteiger partial charge in [-0.25, -0.2) is 0 Å². The fourth-order valence-corrected chi connectivity index (χ4v) is 3.04. The summed E-state index contributed by atoms with van der Waals surface area (Å²) in [6.45, 7) is 9.04. The smallest absolute Gasteiger partial charge is 0.0350 e. The SMILES string of the molecule is CNCC1CN(Cc2ccccc2)CC(C)(C)N1C. The van der Waals surface area contributed by atoms with E-state index in [1.807, 2.05) is 7.05 Å². The fraction of sp³-hybridized carbons (Fsp3) is 0.625. The standard InChI is InChI=1S/C16H27N3/c1-16(2)13-19(11-14-8-6-5-7-9-14)12-15(10-17-3)18(16)4/h5-9,15,17H,10-13H2,1-4H3. The molecule has 1 atom stereocenters. The van der Waals surface area contributed by atoms with Crippen molar-refractivity contribution >= 4 is 0 Å². The summed E-state index contributed by atoms with van der Waals surface area (Å²) in [7, 11) is 4.29. The van der Waals surface area contributed by atoms with E-state index in [1.54, 1.807) is 0 Å².